The summed E-state index contributed by atoms with van der Waals surface area (Å²) < 4.78 is 6.52. The molecule has 0 radical (unpaired) electrons. The zero-order valence-electron chi connectivity index (χ0n) is 23.3. The molecule has 0 spiro atoms. The van der Waals surface area contributed by atoms with E-state index in [0.717, 1.165) is 17.0 Å². The fourth-order valence-electron chi connectivity index (χ4n) is 3.62. The summed E-state index contributed by atoms with van der Waals surface area (Å²) in [7, 11) is 3.23. The molecule has 2 aromatic heterocycles. The minimum absolute atomic E-state index is 0.100. The number of aryl methyl sites for hydroxylation is 2. The Morgan fingerprint density at radius 3 is 2.49 bits per heavy atom. The summed E-state index contributed by atoms with van der Waals surface area (Å²) in [5, 5.41) is 9.47. The number of piperazine rings is 1. The third kappa shape index (κ3) is 8.92. The summed E-state index contributed by atoms with van der Waals surface area (Å²) in [6.45, 7) is 16.8. The zero-order valence-corrected chi connectivity index (χ0v) is 24.1. The summed E-state index contributed by atoms with van der Waals surface area (Å²) in [6.07, 6.45) is 3.11. The van der Waals surface area contributed by atoms with Crippen LogP contribution in [0.2, 0.25) is 0 Å². The Hall–Kier alpha value is -3.34. The molecule has 2 amide bonds. The topological polar surface area (TPSA) is 105 Å². The van der Waals surface area contributed by atoms with Gasteiger partial charge in [0, 0.05) is 50.7 Å². The molecule has 1 aliphatic rings. The van der Waals surface area contributed by atoms with Crippen LogP contribution in [0.25, 0.3) is 5.70 Å². The van der Waals surface area contributed by atoms with Crippen molar-refractivity contribution in [2.45, 2.75) is 47.6 Å². The van der Waals surface area contributed by atoms with E-state index < -0.39 is 0 Å². The van der Waals surface area contributed by atoms with E-state index in [4.69, 9.17) is 4.74 Å². The van der Waals surface area contributed by atoms with Crippen molar-refractivity contribution in [2.24, 2.45) is 12.0 Å². The molecule has 2 aromatic rings. The molecule has 0 aromatic carbocycles. The molecule has 0 bridgehead atoms. The number of carbonyl (C=O) groups excluding carboxylic acids is 2. The Labute approximate surface area is 225 Å². The van der Waals surface area contributed by atoms with E-state index in [1.165, 1.54) is 18.9 Å². The lowest BCUT2D eigenvalue weighted by Crippen LogP contribution is -2.55. The van der Waals surface area contributed by atoms with Crippen LogP contribution in [0.1, 0.15) is 56.2 Å². The number of aromatic nitrogens is 3. The number of thioether (sulfide) groups is 1. The van der Waals surface area contributed by atoms with Crippen LogP contribution in [0.4, 0.5) is 10.6 Å². The summed E-state index contributed by atoms with van der Waals surface area (Å²) >= 11 is 1.53. The van der Waals surface area contributed by atoms with Crippen LogP contribution in [-0.4, -0.2) is 81.9 Å². The molecule has 3 rings (SSSR count). The number of pyridine rings is 1. The Kier molecular flexibility index (Phi) is 14.1. The average molecular weight is 532 g/mol. The van der Waals surface area contributed by atoms with Gasteiger partial charge in [-0.05, 0) is 38.1 Å². The van der Waals surface area contributed by atoms with Gasteiger partial charge in [0.05, 0.1) is 29.9 Å². The molecule has 3 heterocycles. The number of nitrogens with one attached hydrogen (secondary N) is 1. The number of anilines is 1. The zero-order chi connectivity index (χ0) is 28.0. The van der Waals surface area contributed by atoms with Gasteiger partial charge in [-0.1, -0.05) is 27.7 Å². The number of ether oxygens (including phenoxy) is 1. The van der Waals surface area contributed by atoms with Crippen LogP contribution in [0.3, 0.4) is 0 Å². The van der Waals surface area contributed by atoms with E-state index in [2.05, 4.69) is 27.1 Å². The van der Waals surface area contributed by atoms with Gasteiger partial charge in [-0.15, -0.1) is 11.8 Å². The van der Waals surface area contributed by atoms with Gasteiger partial charge in [0.2, 0.25) is 0 Å². The van der Waals surface area contributed by atoms with Crippen molar-refractivity contribution in [2.75, 3.05) is 37.9 Å². The Morgan fingerprint density at radius 2 is 1.97 bits per heavy atom. The molecule has 0 saturated carbocycles. The molecule has 1 fully saturated rings. The van der Waals surface area contributed by atoms with Crippen LogP contribution in [0, 0.1) is 6.92 Å². The second-order valence-electron chi connectivity index (χ2n) is 7.65. The Morgan fingerprint density at radius 1 is 1.27 bits per heavy atom. The quantitative estimate of drug-likeness (QED) is 0.308. The molecule has 1 N–H and O–H groups in total. The molecule has 11 heteroatoms. The van der Waals surface area contributed by atoms with E-state index in [-0.39, 0.29) is 18.0 Å². The van der Waals surface area contributed by atoms with Crippen molar-refractivity contribution in [1.82, 2.24) is 24.6 Å². The monoisotopic (exact) mass is 531 g/mol. The van der Waals surface area contributed by atoms with E-state index in [9.17, 15) is 9.59 Å². The predicted octanol–water partition coefficient (Wildman–Crippen LogP) is 4.89. The van der Waals surface area contributed by atoms with Gasteiger partial charge in [0.1, 0.15) is 5.82 Å². The van der Waals surface area contributed by atoms with E-state index in [1.807, 2.05) is 60.2 Å². The second-order valence-corrected chi connectivity index (χ2v) is 8.50. The van der Waals surface area contributed by atoms with Crippen molar-refractivity contribution in [3.63, 3.8) is 0 Å². The van der Waals surface area contributed by atoms with Crippen molar-refractivity contribution >= 4 is 42.0 Å². The van der Waals surface area contributed by atoms with Gasteiger partial charge in [-0.2, -0.15) is 5.10 Å². The van der Waals surface area contributed by atoms with Crippen LogP contribution in [0.15, 0.2) is 34.9 Å². The molecule has 0 unspecified atom stereocenters. The largest absolute Gasteiger partial charge is 0.453 e. The van der Waals surface area contributed by atoms with Crippen LogP contribution in [-0.2, 0) is 11.8 Å². The van der Waals surface area contributed by atoms with Crippen LogP contribution >= 0.6 is 11.8 Å². The molecular weight excluding hydrogens is 490 g/mol. The maximum absolute atomic E-state index is 12.9. The maximum Gasteiger partial charge on any atom is 0.409 e. The molecule has 204 valence electrons. The fraction of sp³-hybridized carbons (Fsp3) is 0.500. The third-order valence-electron chi connectivity index (χ3n) is 5.32. The smallest absolute Gasteiger partial charge is 0.409 e. The number of hydrogen-bond donors (Lipinski definition) is 1. The molecule has 10 nitrogen and oxygen atoms in total. The Bertz CT molecular complexity index is 1040. The maximum atomic E-state index is 12.9. The summed E-state index contributed by atoms with van der Waals surface area (Å²) in [4.78, 5) is 36.4. The standard InChI is InChI=1S/C22H29N7O3S.2C2H6/c1-15-11-28(22(31)32-5)8-9-29(15)21(30)17-6-7-20(24-10-17)25-14-33-13-19(23-3)18-12-27(4)26-16(18)2;2*1-2/h6-7,10,12-13,15H,3,8-9,11,14H2,1-2,4-5H3,(H,24,25);2*1-2H3/b19-13-;;/t15-;;/m0../s1. The first-order chi connectivity index (χ1) is 17.8. The molecule has 0 aliphatic carbocycles. The number of amides is 2. The first-order valence-corrected chi connectivity index (χ1v) is 13.5. The van der Waals surface area contributed by atoms with E-state index in [0.29, 0.717) is 36.9 Å². The highest BCUT2D eigenvalue weighted by Gasteiger charge is 2.30. The Balaban J connectivity index is 0.00000163. The van der Waals surface area contributed by atoms with E-state index >= 15 is 0 Å². The van der Waals surface area contributed by atoms with Crippen molar-refractivity contribution in [3.05, 3.63) is 46.8 Å². The lowest BCUT2D eigenvalue weighted by Gasteiger charge is -2.39. The average Bonchev–Trinajstić information content (AvgIpc) is 3.27. The number of carbonyl (C=O) groups is 2. The van der Waals surface area contributed by atoms with Gasteiger partial charge in [-0.25, -0.2) is 9.78 Å². The van der Waals surface area contributed by atoms with Gasteiger partial charge in [0.15, 0.2) is 0 Å². The molecular formula is C26H41N7O3S. The highest BCUT2D eigenvalue weighted by Crippen LogP contribution is 2.22. The lowest BCUT2D eigenvalue weighted by atomic mass is 10.1. The summed E-state index contributed by atoms with van der Waals surface area (Å²) in [5.74, 6) is 1.14. The first kappa shape index (κ1) is 31.7. The molecule has 1 atom stereocenters. The van der Waals surface area contributed by atoms with Crippen LogP contribution < -0.4 is 5.32 Å². The van der Waals surface area contributed by atoms with Crippen molar-refractivity contribution in [1.29, 1.82) is 0 Å². The number of aliphatic imine (C=N–C) groups is 1. The van der Waals surface area contributed by atoms with Gasteiger partial charge >= 0.3 is 6.09 Å². The number of methoxy groups -OCH3 is 1. The highest BCUT2D eigenvalue weighted by atomic mass is 32.2. The number of nitrogens with zero attached hydrogens (tertiary/aromatic N) is 6. The normalized spacial score (nSPS) is 15.0. The highest BCUT2D eigenvalue weighted by molar-refractivity contribution is 8.02. The molecule has 37 heavy (non-hydrogen) atoms. The van der Waals surface area contributed by atoms with Crippen LogP contribution in [0.5, 0.6) is 0 Å². The van der Waals surface area contributed by atoms with Gasteiger partial charge in [0.25, 0.3) is 5.91 Å². The second kappa shape index (κ2) is 16.4. The van der Waals surface area contributed by atoms with Crippen molar-refractivity contribution in [3.8, 4) is 0 Å². The fourth-order valence-corrected chi connectivity index (χ4v) is 4.29. The number of hydrogen-bond acceptors (Lipinski definition) is 8. The first-order valence-electron chi connectivity index (χ1n) is 12.5. The van der Waals surface area contributed by atoms with Crippen molar-refractivity contribution < 1.29 is 14.3 Å². The van der Waals surface area contributed by atoms with Gasteiger partial charge < -0.3 is 19.9 Å². The lowest BCUT2D eigenvalue weighted by molar-refractivity contribution is 0.0454. The predicted molar refractivity (Wildman–Crippen MR) is 153 cm³/mol. The molecule has 1 saturated heterocycles. The van der Waals surface area contributed by atoms with Gasteiger partial charge in [-0.3, -0.25) is 14.5 Å². The van der Waals surface area contributed by atoms with E-state index in [1.54, 1.807) is 32.8 Å². The third-order valence-corrected chi connectivity index (χ3v) is 6.02. The summed E-state index contributed by atoms with van der Waals surface area (Å²) in [5.41, 5.74) is 3.12. The number of rotatable bonds is 7. The SMILES string of the molecule is C=N/C(=C\SCNc1ccc(C(=O)N2CCN(C(=O)OC)C[C@@H]2C)cn1)c1cn(C)nc1C.CC.CC. The summed E-state index contributed by atoms with van der Waals surface area (Å²) in [6, 6.07) is 3.43. The minimum atomic E-state index is -0.370. The molecule has 1 aliphatic heterocycles. The minimum Gasteiger partial charge on any atom is -0.453 e.